The Kier molecular flexibility index (Phi) is 22.5. The summed E-state index contributed by atoms with van der Waals surface area (Å²) in [6.45, 7) is 18.9. The number of hydrogen-bond acceptors (Lipinski definition) is 9. The highest BCUT2D eigenvalue weighted by molar-refractivity contribution is 6.84. The van der Waals surface area contributed by atoms with Crippen LogP contribution in [0.5, 0.6) is 0 Å². The summed E-state index contributed by atoms with van der Waals surface area (Å²) >= 11 is 0. The lowest BCUT2D eigenvalue weighted by atomic mass is 9.71. The summed E-state index contributed by atoms with van der Waals surface area (Å²) in [5.74, 6) is 4.46. The molecule has 0 amide bonds. The highest BCUT2D eigenvalue weighted by atomic mass is 28.4. The average Bonchev–Trinajstić information content (AvgIpc) is 3.18. The maximum Gasteiger partial charge on any atom is 0.334 e. The summed E-state index contributed by atoms with van der Waals surface area (Å²) in [7, 11) is 2.60. The minimum Gasteiger partial charge on any atom is -0.455 e. The van der Waals surface area contributed by atoms with Crippen LogP contribution in [0.1, 0.15) is 77.0 Å². The van der Waals surface area contributed by atoms with E-state index in [1.54, 1.807) is 0 Å². The molecule has 2 rings (SSSR count). The van der Waals surface area contributed by atoms with Gasteiger partial charge >= 0.3 is 34.2 Å². The number of rotatable bonds is 28. The largest absolute Gasteiger partial charge is 0.455 e. The van der Waals surface area contributed by atoms with E-state index < -0.39 is 50.9 Å². The van der Waals surface area contributed by atoms with E-state index >= 15 is 0 Å². The first-order chi connectivity index (χ1) is 25.7. The van der Waals surface area contributed by atoms with Crippen LogP contribution in [0.2, 0.25) is 88.6 Å². The Labute approximate surface area is 347 Å². The van der Waals surface area contributed by atoms with Gasteiger partial charge in [0.2, 0.25) is 0 Å². The van der Waals surface area contributed by atoms with Crippen molar-refractivity contribution in [2.45, 2.75) is 166 Å². The van der Waals surface area contributed by atoms with E-state index in [1.807, 2.05) is 56.9 Å². The molecule has 0 heterocycles. The second-order valence-electron chi connectivity index (χ2n) is 19.4. The fourth-order valence-corrected chi connectivity index (χ4v) is 24.6. The van der Waals surface area contributed by atoms with Gasteiger partial charge < -0.3 is 39.5 Å². The van der Waals surface area contributed by atoms with E-state index in [0.29, 0.717) is 0 Å². The highest BCUT2D eigenvalue weighted by Crippen LogP contribution is 2.45. The first-order valence-corrected chi connectivity index (χ1v) is 38.1. The van der Waals surface area contributed by atoms with Crippen molar-refractivity contribution in [3.8, 4) is 0 Å². The van der Waals surface area contributed by atoms with Crippen LogP contribution in [0.25, 0.3) is 0 Å². The molecule has 15 heteroatoms. The lowest BCUT2D eigenvalue weighted by molar-refractivity contribution is 0.155. The molecule has 0 aliphatic heterocycles. The van der Waals surface area contributed by atoms with Crippen LogP contribution in [0.4, 0.5) is 0 Å². The first-order valence-electron chi connectivity index (χ1n) is 21.8. The monoisotopic (exact) mass is 883 g/mol. The molecule has 0 bridgehead atoms. The van der Waals surface area contributed by atoms with Gasteiger partial charge in [-0.05, 0) is 176 Å². The summed E-state index contributed by atoms with van der Waals surface area (Å²) in [5, 5.41) is 0. The van der Waals surface area contributed by atoms with Gasteiger partial charge in [0.25, 0.3) is 0 Å². The molecule has 2 fully saturated rings. The van der Waals surface area contributed by atoms with Crippen LogP contribution in [-0.2, 0) is 39.5 Å². The van der Waals surface area contributed by atoms with Crippen molar-refractivity contribution in [3.63, 3.8) is 0 Å². The Hall–Kier alpha value is 0.941. The summed E-state index contributed by atoms with van der Waals surface area (Å²) in [5.41, 5.74) is 0. The minimum atomic E-state index is -2.12. The molecule has 2 aliphatic rings. The third-order valence-corrected chi connectivity index (χ3v) is 33.8. The zero-order chi connectivity index (χ0) is 41.6. The number of hydrogen-bond donors (Lipinski definition) is 0. The molecule has 0 aromatic carbocycles. The second kappa shape index (κ2) is 23.8. The van der Waals surface area contributed by atoms with Crippen molar-refractivity contribution in [3.05, 3.63) is 0 Å². The third kappa shape index (κ3) is 17.8. The fraction of sp³-hybridized carbons (Fsp3) is 1.00. The lowest BCUT2D eigenvalue weighted by Gasteiger charge is -2.41. The lowest BCUT2D eigenvalue weighted by Crippen LogP contribution is -2.45. The van der Waals surface area contributed by atoms with Crippen molar-refractivity contribution in [1.29, 1.82) is 0 Å². The summed E-state index contributed by atoms with van der Waals surface area (Å²) in [6, 6.07) is 6.79. The van der Waals surface area contributed by atoms with Crippen LogP contribution in [0, 0.1) is 35.5 Å². The van der Waals surface area contributed by atoms with E-state index in [1.165, 1.54) is 89.1 Å². The van der Waals surface area contributed by atoms with Crippen LogP contribution in [0.15, 0.2) is 0 Å². The standard InChI is InChI=1S/C40H90O9Si6/c1-41-52(13,42-2)29-21-35-18-20-38(25-31-54(15,45-5)46-6)39(33-35)24-28-51(11,12)49-50(9,10)27-23-37-19-17-36(22-30-53(14,43-3)44-4)34-40(37)26-32-55(16,47-7)48-8/h35-40H,17-34H2,1-16H3. The van der Waals surface area contributed by atoms with E-state index in [4.69, 9.17) is 39.5 Å². The molecule has 2 aliphatic carbocycles. The molecular formula is C40H90O9Si6. The quantitative estimate of drug-likeness (QED) is 0.0713. The smallest absolute Gasteiger partial charge is 0.334 e. The molecule has 328 valence electrons. The van der Waals surface area contributed by atoms with Gasteiger partial charge in [0.05, 0.1) is 0 Å². The Morgan fingerprint density at radius 3 is 0.891 bits per heavy atom. The Bertz CT molecular complexity index is 1060. The molecule has 55 heavy (non-hydrogen) atoms. The van der Waals surface area contributed by atoms with Gasteiger partial charge in [-0.15, -0.1) is 0 Å². The summed E-state index contributed by atoms with van der Waals surface area (Å²) in [6.07, 6.45) is 15.3. The van der Waals surface area contributed by atoms with Crippen molar-refractivity contribution in [2.24, 2.45) is 35.5 Å². The molecular weight excluding hydrogens is 793 g/mol. The van der Waals surface area contributed by atoms with Crippen LogP contribution >= 0.6 is 0 Å². The third-order valence-electron chi connectivity index (χ3n) is 14.7. The first kappa shape index (κ1) is 52.1. The van der Waals surface area contributed by atoms with E-state index in [0.717, 1.165) is 59.7 Å². The van der Waals surface area contributed by atoms with Crippen LogP contribution in [-0.4, -0.2) is 108 Å². The van der Waals surface area contributed by atoms with Crippen molar-refractivity contribution < 1.29 is 39.5 Å². The Morgan fingerprint density at radius 2 is 0.582 bits per heavy atom. The molecule has 0 aromatic heterocycles. The topological polar surface area (TPSA) is 83.1 Å². The maximum atomic E-state index is 7.41. The van der Waals surface area contributed by atoms with Gasteiger partial charge in [-0.2, -0.15) is 0 Å². The molecule has 2 saturated carbocycles. The molecule has 9 nitrogen and oxygen atoms in total. The molecule has 0 spiro atoms. The second-order valence-corrected chi connectivity index (χ2v) is 42.6. The van der Waals surface area contributed by atoms with Gasteiger partial charge in [-0.25, -0.2) is 0 Å². The summed E-state index contributed by atoms with van der Waals surface area (Å²) < 4.78 is 54.6. The molecule has 0 radical (unpaired) electrons. The Balaban J connectivity index is 2.09. The van der Waals surface area contributed by atoms with Crippen LogP contribution < -0.4 is 0 Å². The molecule has 0 aromatic rings. The average molecular weight is 884 g/mol. The zero-order valence-electron chi connectivity index (χ0n) is 38.9. The Morgan fingerprint density at radius 1 is 0.327 bits per heavy atom. The normalized spacial score (nSPS) is 25.1. The van der Waals surface area contributed by atoms with Gasteiger partial charge in [0.15, 0.2) is 16.6 Å². The van der Waals surface area contributed by atoms with Gasteiger partial charge in [-0.3, -0.25) is 0 Å². The van der Waals surface area contributed by atoms with Crippen molar-refractivity contribution in [1.82, 2.24) is 0 Å². The minimum absolute atomic E-state index is 0.717. The molecule has 0 saturated heterocycles. The highest BCUT2D eigenvalue weighted by Gasteiger charge is 2.41. The molecule has 0 N–H and O–H groups in total. The summed E-state index contributed by atoms with van der Waals surface area (Å²) in [4.78, 5) is 0. The van der Waals surface area contributed by atoms with Crippen molar-refractivity contribution in [2.75, 3.05) is 56.9 Å². The molecule has 6 unspecified atom stereocenters. The van der Waals surface area contributed by atoms with Gasteiger partial charge in [-0.1, -0.05) is 25.7 Å². The predicted octanol–water partition coefficient (Wildman–Crippen LogP) is 11.3. The maximum absolute atomic E-state index is 7.41. The van der Waals surface area contributed by atoms with E-state index in [2.05, 4.69) is 52.4 Å². The fourth-order valence-electron chi connectivity index (χ4n) is 9.73. The van der Waals surface area contributed by atoms with Gasteiger partial charge in [0.1, 0.15) is 0 Å². The zero-order valence-corrected chi connectivity index (χ0v) is 44.9. The SMILES string of the molecule is CO[Si](C)(CCC1CCC(CC[Si](C)(OC)OC)C(CC[Si](C)(C)O[Si](C)(C)CCC2CCC(CC[Si](C)(OC)OC)CC2CC[Si](C)(OC)OC)C1)OC. The van der Waals surface area contributed by atoms with E-state index in [-0.39, 0.29) is 0 Å². The van der Waals surface area contributed by atoms with Crippen LogP contribution in [0.3, 0.4) is 0 Å². The van der Waals surface area contributed by atoms with Crippen molar-refractivity contribution >= 4 is 50.9 Å². The van der Waals surface area contributed by atoms with Gasteiger partial charge in [0, 0.05) is 56.9 Å². The van der Waals surface area contributed by atoms with E-state index in [9.17, 15) is 0 Å². The predicted molar refractivity (Wildman–Crippen MR) is 244 cm³/mol. The molecule has 6 atom stereocenters.